The van der Waals surface area contributed by atoms with Crippen molar-refractivity contribution < 1.29 is 15.0 Å². The maximum Gasteiger partial charge on any atom is 0.139 e. The van der Waals surface area contributed by atoms with Crippen LogP contribution in [0.1, 0.15) is 65.2 Å². The Morgan fingerprint density at radius 2 is 1.91 bits per heavy atom. The molecule has 2 N–H and O–H groups in total. The first-order chi connectivity index (χ1) is 10.9. The number of carbonyl (C=O) groups excluding carboxylic acids is 1. The highest BCUT2D eigenvalue weighted by atomic mass is 16.3. The van der Waals surface area contributed by atoms with E-state index in [0.29, 0.717) is 29.5 Å². The van der Waals surface area contributed by atoms with Gasteiger partial charge in [-0.2, -0.15) is 0 Å². The average Bonchev–Trinajstić information content (AvgIpc) is 2.83. The molecule has 0 radical (unpaired) electrons. The number of carbonyl (C=O) groups is 1. The van der Waals surface area contributed by atoms with Crippen molar-refractivity contribution in [3.8, 4) is 0 Å². The van der Waals surface area contributed by atoms with Crippen LogP contribution in [0.3, 0.4) is 0 Å². The SMILES string of the molecule is C[C@]12CC[C@H](O)C[C@@H]1/C(=C/O)C[C@@H]1[C@@H]2CC[C@]2(C)C(=O)CC[C@@H]12. The van der Waals surface area contributed by atoms with Gasteiger partial charge >= 0.3 is 0 Å². The normalized spacial score (nSPS) is 54.5. The molecule has 0 aromatic heterocycles. The van der Waals surface area contributed by atoms with Crippen LogP contribution in [-0.4, -0.2) is 22.1 Å². The molecule has 0 aliphatic heterocycles. The fraction of sp³-hybridized carbons (Fsp3) is 0.850. The van der Waals surface area contributed by atoms with Crippen molar-refractivity contribution in [1.29, 1.82) is 0 Å². The zero-order valence-corrected chi connectivity index (χ0v) is 14.4. The summed E-state index contributed by atoms with van der Waals surface area (Å²) in [6.45, 7) is 4.59. The molecule has 0 heterocycles. The zero-order valence-electron chi connectivity index (χ0n) is 14.4. The van der Waals surface area contributed by atoms with Gasteiger partial charge in [-0.3, -0.25) is 4.79 Å². The number of hydrogen-bond donors (Lipinski definition) is 2. The highest BCUT2D eigenvalue weighted by molar-refractivity contribution is 5.87. The van der Waals surface area contributed by atoms with Gasteiger partial charge in [0.15, 0.2) is 0 Å². The summed E-state index contributed by atoms with van der Waals surface area (Å²) >= 11 is 0. The lowest BCUT2D eigenvalue weighted by molar-refractivity contribution is -0.137. The molecule has 4 rings (SSSR count). The van der Waals surface area contributed by atoms with Crippen molar-refractivity contribution in [2.24, 2.45) is 34.5 Å². The van der Waals surface area contributed by atoms with Gasteiger partial charge in [-0.05, 0) is 79.6 Å². The van der Waals surface area contributed by atoms with Gasteiger partial charge in [0, 0.05) is 11.8 Å². The van der Waals surface area contributed by atoms with Crippen LogP contribution in [0.15, 0.2) is 11.8 Å². The Hall–Kier alpha value is -0.830. The number of aliphatic hydroxyl groups excluding tert-OH is 2. The average molecular weight is 318 g/mol. The van der Waals surface area contributed by atoms with E-state index in [0.717, 1.165) is 56.9 Å². The Morgan fingerprint density at radius 3 is 2.65 bits per heavy atom. The third kappa shape index (κ3) is 2.01. The van der Waals surface area contributed by atoms with Gasteiger partial charge in [-0.25, -0.2) is 0 Å². The topological polar surface area (TPSA) is 57.5 Å². The number of rotatable bonds is 0. The van der Waals surface area contributed by atoms with Crippen LogP contribution in [0.2, 0.25) is 0 Å². The van der Waals surface area contributed by atoms with E-state index < -0.39 is 0 Å². The third-order valence-corrected chi connectivity index (χ3v) is 8.40. The van der Waals surface area contributed by atoms with Crippen LogP contribution in [-0.2, 0) is 4.79 Å². The molecule has 4 aliphatic rings. The van der Waals surface area contributed by atoms with E-state index in [1.54, 1.807) is 0 Å². The van der Waals surface area contributed by atoms with Gasteiger partial charge in [0.05, 0.1) is 12.4 Å². The van der Waals surface area contributed by atoms with E-state index in [1.165, 1.54) is 6.26 Å². The first kappa shape index (κ1) is 15.7. The van der Waals surface area contributed by atoms with Crippen LogP contribution in [0.5, 0.6) is 0 Å². The Balaban J connectivity index is 1.72. The summed E-state index contributed by atoms with van der Waals surface area (Å²) < 4.78 is 0. The fourth-order valence-corrected chi connectivity index (χ4v) is 7.05. The highest BCUT2D eigenvalue weighted by Crippen LogP contribution is 2.66. The summed E-state index contributed by atoms with van der Waals surface area (Å²) in [5.41, 5.74) is 1.21. The molecule has 0 unspecified atom stereocenters. The van der Waals surface area contributed by atoms with Crippen molar-refractivity contribution in [3.05, 3.63) is 11.8 Å². The summed E-state index contributed by atoms with van der Waals surface area (Å²) in [6, 6.07) is 0. The van der Waals surface area contributed by atoms with Gasteiger partial charge < -0.3 is 10.2 Å². The summed E-state index contributed by atoms with van der Waals surface area (Å²) in [5, 5.41) is 20.0. The first-order valence-electron chi connectivity index (χ1n) is 9.44. The molecule has 0 amide bonds. The highest BCUT2D eigenvalue weighted by Gasteiger charge is 2.61. The molecule has 128 valence electrons. The molecular weight excluding hydrogens is 288 g/mol. The Morgan fingerprint density at radius 1 is 1.13 bits per heavy atom. The van der Waals surface area contributed by atoms with Crippen LogP contribution in [0.25, 0.3) is 0 Å². The molecule has 3 nitrogen and oxygen atoms in total. The molecule has 0 bridgehead atoms. The standard InChI is InChI=1S/C20H30O3/c1-19-7-5-13(22)10-17(19)12(11-21)9-14-15-3-4-18(23)20(15,2)8-6-16(14)19/h11,13-17,21-22H,3-10H2,1-2H3/b12-11+/t13-,14-,15-,16-,17+,19+,20-/m0/s1. The van der Waals surface area contributed by atoms with Crippen LogP contribution < -0.4 is 0 Å². The molecule has 0 aromatic carbocycles. The van der Waals surface area contributed by atoms with Crippen molar-refractivity contribution in [3.63, 3.8) is 0 Å². The van der Waals surface area contributed by atoms with Gasteiger partial charge in [-0.1, -0.05) is 13.8 Å². The van der Waals surface area contributed by atoms with E-state index in [2.05, 4.69) is 13.8 Å². The second-order valence-electron chi connectivity index (χ2n) is 9.19. The van der Waals surface area contributed by atoms with E-state index >= 15 is 0 Å². The largest absolute Gasteiger partial charge is 0.516 e. The monoisotopic (exact) mass is 318 g/mol. The second-order valence-corrected chi connectivity index (χ2v) is 9.19. The maximum absolute atomic E-state index is 12.5. The van der Waals surface area contributed by atoms with E-state index in [9.17, 15) is 15.0 Å². The molecule has 7 atom stereocenters. The lowest BCUT2D eigenvalue weighted by Gasteiger charge is -2.60. The molecule has 23 heavy (non-hydrogen) atoms. The summed E-state index contributed by atoms with van der Waals surface area (Å²) in [4.78, 5) is 12.5. The Bertz CT molecular complexity index is 553. The minimum Gasteiger partial charge on any atom is -0.516 e. The lowest BCUT2D eigenvalue weighted by atomic mass is 9.44. The number of fused-ring (bicyclic) bond motifs is 5. The zero-order chi connectivity index (χ0) is 16.4. The van der Waals surface area contributed by atoms with Crippen LogP contribution in [0.4, 0.5) is 0 Å². The quantitative estimate of drug-likeness (QED) is 0.663. The van der Waals surface area contributed by atoms with Crippen LogP contribution in [0, 0.1) is 34.5 Å². The molecule has 4 fully saturated rings. The van der Waals surface area contributed by atoms with E-state index in [4.69, 9.17) is 0 Å². The smallest absolute Gasteiger partial charge is 0.139 e. The predicted octanol–water partition coefficient (Wildman–Crippen LogP) is 4.01. The van der Waals surface area contributed by atoms with Crippen molar-refractivity contribution in [1.82, 2.24) is 0 Å². The van der Waals surface area contributed by atoms with Gasteiger partial charge in [0.2, 0.25) is 0 Å². The molecule has 3 heteroatoms. The number of allylic oxidation sites excluding steroid dienone is 1. The predicted molar refractivity (Wildman–Crippen MR) is 88.8 cm³/mol. The Labute approximate surface area is 139 Å². The van der Waals surface area contributed by atoms with Crippen LogP contribution >= 0.6 is 0 Å². The van der Waals surface area contributed by atoms with E-state index in [1.807, 2.05) is 0 Å². The summed E-state index contributed by atoms with van der Waals surface area (Å²) in [5.74, 6) is 2.47. The number of hydrogen-bond acceptors (Lipinski definition) is 3. The van der Waals surface area contributed by atoms with Crippen molar-refractivity contribution >= 4 is 5.78 Å². The van der Waals surface area contributed by atoms with Crippen molar-refractivity contribution in [2.75, 3.05) is 0 Å². The van der Waals surface area contributed by atoms with Gasteiger partial charge in [-0.15, -0.1) is 0 Å². The summed E-state index contributed by atoms with van der Waals surface area (Å²) in [6.07, 6.45) is 8.76. The molecule has 4 aliphatic carbocycles. The number of aliphatic hydroxyl groups is 2. The minimum absolute atomic E-state index is 0.112. The van der Waals surface area contributed by atoms with Gasteiger partial charge in [0.1, 0.15) is 5.78 Å². The third-order valence-electron chi connectivity index (χ3n) is 8.40. The fourth-order valence-electron chi connectivity index (χ4n) is 7.05. The maximum atomic E-state index is 12.5. The lowest BCUT2D eigenvalue weighted by Crippen LogP contribution is -2.54. The van der Waals surface area contributed by atoms with E-state index in [-0.39, 0.29) is 16.9 Å². The molecule has 0 aromatic rings. The second kappa shape index (κ2) is 5.08. The number of Topliss-reactive ketones (excluding diaryl/α,β-unsaturated/α-hetero) is 1. The molecular formula is C20H30O3. The molecule has 4 saturated carbocycles. The summed E-state index contributed by atoms with van der Waals surface area (Å²) in [7, 11) is 0. The Kier molecular flexibility index (Phi) is 3.46. The molecule has 0 spiro atoms. The van der Waals surface area contributed by atoms with Crippen molar-refractivity contribution in [2.45, 2.75) is 71.3 Å². The minimum atomic E-state index is -0.221. The first-order valence-corrected chi connectivity index (χ1v) is 9.44. The molecule has 0 saturated heterocycles. The van der Waals surface area contributed by atoms with Gasteiger partial charge in [0.25, 0.3) is 0 Å². The number of ketones is 1.